The molecule has 0 saturated heterocycles. The fourth-order valence-corrected chi connectivity index (χ4v) is 11.3. The van der Waals surface area contributed by atoms with Crippen LogP contribution >= 0.6 is 0 Å². The van der Waals surface area contributed by atoms with Crippen LogP contribution in [0.25, 0.3) is 61.0 Å². The highest BCUT2D eigenvalue weighted by atomic mass is 16.5. The third kappa shape index (κ3) is 10.2. The van der Waals surface area contributed by atoms with E-state index >= 15 is 0 Å². The predicted molar refractivity (Wildman–Crippen MR) is 342 cm³/mol. The Morgan fingerprint density at radius 1 is 0.593 bits per heavy atom. The number of benzene rings is 6. The first-order valence-corrected chi connectivity index (χ1v) is 27.9. The maximum Gasteiger partial charge on any atom is 0.221 e. The van der Waals surface area contributed by atoms with Crippen LogP contribution in [-0.2, 0) is 12.4 Å². The van der Waals surface area contributed by atoms with Gasteiger partial charge in [0.25, 0.3) is 0 Å². The van der Waals surface area contributed by atoms with Crippen LogP contribution in [0.5, 0.6) is 11.6 Å². The van der Waals surface area contributed by atoms with E-state index in [-0.39, 0.29) is 17.3 Å². The summed E-state index contributed by atoms with van der Waals surface area (Å²) < 4.78 is 37.1. The van der Waals surface area contributed by atoms with E-state index < -0.39 is 6.98 Å². The minimum atomic E-state index is -2.54. The first kappa shape index (κ1) is 48.9. The summed E-state index contributed by atoms with van der Waals surface area (Å²) in [6.07, 6.45) is 24.1. The van der Waals surface area contributed by atoms with E-state index in [1.165, 1.54) is 15.7 Å². The second-order valence-electron chi connectivity index (χ2n) is 22.3. The highest BCUT2D eigenvalue weighted by Gasteiger charge is 2.33. The van der Waals surface area contributed by atoms with E-state index in [2.05, 4.69) is 205 Å². The lowest BCUT2D eigenvalue weighted by molar-refractivity contribution is 0.464. The van der Waals surface area contributed by atoms with Crippen LogP contribution in [0, 0.1) is 0 Å². The Morgan fingerprint density at radius 2 is 1.23 bits per heavy atom. The molecule has 0 atom stereocenters. The third-order valence-corrected chi connectivity index (χ3v) is 15.3. The van der Waals surface area contributed by atoms with Crippen molar-refractivity contribution in [2.75, 3.05) is 16.5 Å². The van der Waals surface area contributed by atoms with Crippen LogP contribution in [0.1, 0.15) is 92.2 Å². The topological polar surface area (TPSA) is 75.4 Å². The van der Waals surface area contributed by atoms with Gasteiger partial charge in [-0.1, -0.05) is 150 Å². The molecule has 0 amide bonds. The van der Waals surface area contributed by atoms with Crippen LogP contribution in [-0.4, -0.2) is 40.3 Å². The molecule has 6 heterocycles. The molecule has 398 valence electrons. The molecule has 11 heteroatoms. The second-order valence-corrected chi connectivity index (χ2v) is 22.3. The van der Waals surface area contributed by atoms with Gasteiger partial charge < -0.3 is 29.7 Å². The van der Waals surface area contributed by atoms with Crippen LogP contribution < -0.4 is 25.2 Å². The van der Waals surface area contributed by atoms with E-state index in [0.29, 0.717) is 35.3 Å². The normalized spacial score (nSPS) is 18.9. The summed E-state index contributed by atoms with van der Waals surface area (Å²) >= 11 is 0. The largest absolute Gasteiger partial charge is 0.439 e. The van der Waals surface area contributed by atoms with Gasteiger partial charge in [0, 0.05) is 64.4 Å². The van der Waals surface area contributed by atoms with Crippen molar-refractivity contribution in [1.82, 2.24) is 29.7 Å². The van der Waals surface area contributed by atoms with Gasteiger partial charge in [0.2, 0.25) is 11.8 Å². The Bertz CT molecular complexity index is 4180. The van der Waals surface area contributed by atoms with Gasteiger partial charge >= 0.3 is 0 Å². The zero-order valence-electron chi connectivity index (χ0n) is 49.9. The zero-order chi connectivity index (χ0) is 58.3. The van der Waals surface area contributed by atoms with Gasteiger partial charge in [-0.3, -0.25) is 4.57 Å². The monoisotopic (exact) mass is 1060 g/mol. The number of aryl methyl sites for hydroxylation is 1. The third-order valence-electron chi connectivity index (χ3n) is 15.3. The Morgan fingerprint density at radius 3 is 1.90 bits per heavy atom. The number of aromatic nitrogens is 4. The first-order valence-electron chi connectivity index (χ1n) is 29.4. The summed E-state index contributed by atoms with van der Waals surface area (Å²) in [5.74, 6) is 5.79. The Balaban J connectivity index is 1.05. The van der Waals surface area contributed by atoms with Crippen molar-refractivity contribution < 1.29 is 8.85 Å². The number of rotatable bonds is 10. The lowest BCUT2D eigenvalue weighted by Gasteiger charge is -2.29. The maximum absolute atomic E-state index is 8.86. The smallest absolute Gasteiger partial charge is 0.221 e. The molecule has 0 spiro atoms. The van der Waals surface area contributed by atoms with E-state index in [9.17, 15) is 0 Å². The summed E-state index contributed by atoms with van der Waals surface area (Å²) in [7, 11) is 4.34. The van der Waals surface area contributed by atoms with Gasteiger partial charge in [0.05, 0.1) is 50.5 Å². The molecular formula is C70H66B2N8O. The molecule has 0 bridgehead atoms. The van der Waals surface area contributed by atoms with Crippen molar-refractivity contribution >= 4 is 81.1 Å². The first-order chi connectivity index (χ1) is 40.6. The van der Waals surface area contributed by atoms with Crippen molar-refractivity contribution in [3.8, 4) is 28.8 Å². The molecule has 2 N–H and O–H groups in total. The highest BCUT2D eigenvalue weighted by Crippen LogP contribution is 2.50. The van der Waals surface area contributed by atoms with E-state index in [0.717, 1.165) is 83.4 Å². The van der Waals surface area contributed by atoms with Crippen molar-refractivity contribution in [2.24, 2.45) is 6.98 Å². The van der Waals surface area contributed by atoms with Crippen LogP contribution in [0.3, 0.4) is 0 Å². The number of imidazole rings is 1. The lowest BCUT2D eigenvalue weighted by atomic mass is 9.63. The number of hydrogen-bond donors (Lipinski definition) is 2. The van der Waals surface area contributed by atoms with E-state index in [1.54, 1.807) is 0 Å². The average Bonchev–Trinajstić information content (AvgIpc) is 3.10. The summed E-state index contributed by atoms with van der Waals surface area (Å²) in [4.78, 5) is 15.4. The summed E-state index contributed by atoms with van der Waals surface area (Å²) in [6.45, 7) is 13.5. The number of nitrogens with zero attached hydrogens (tertiary/aromatic N) is 6. The number of nitrogens with one attached hydrogen (secondary N) is 2. The Labute approximate surface area is 482 Å². The number of hydrogen-bond acceptors (Lipinski definition) is 7. The number of ether oxygens (including phenoxy) is 1. The molecule has 3 aliphatic rings. The molecule has 81 heavy (non-hydrogen) atoms. The molecule has 2 radical (unpaired) electrons. The van der Waals surface area contributed by atoms with Crippen LogP contribution in [0.15, 0.2) is 219 Å². The Kier molecular flexibility index (Phi) is 13.4. The minimum Gasteiger partial charge on any atom is -0.439 e. The Hall–Kier alpha value is -9.21. The molecule has 0 unspecified atom stereocenters. The van der Waals surface area contributed by atoms with Crippen molar-refractivity contribution in [2.45, 2.75) is 65.7 Å². The molecule has 0 saturated carbocycles. The number of para-hydroxylation sites is 5. The number of pyridine rings is 1. The van der Waals surface area contributed by atoms with Gasteiger partial charge in [-0.2, -0.15) is 0 Å². The number of fused-ring (bicyclic) bond motifs is 5. The summed E-state index contributed by atoms with van der Waals surface area (Å²) in [5, 5.41) is 8.42. The standard InChI is InChI=1S/C70H66B2N8O/c1-46(2)51-21-17-22-52(47(3)4)67(51)60-42-49(43-66(75-60)81-50-32-33-53-56-41-48(70(5,6)7)31-34-61(56)80(65(53)44-50)69-76-59-27-9-10-28-62(59)77(69)8)78-45-79(64-30-12-11-29-63(64)78)68-54(57-25-19-39-73-37-15-13-35-71-57)23-18-24-55(68)58-26-20-40-74-38-16-14-36-72-58/h9-44,46-47,73-74H,45H2,1-8H3/b35-13-,36-14-,37-15-,38-16-,39-19-,40-20-,57-25-,58-26-/i8D3. The molecule has 9 aromatic rings. The van der Waals surface area contributed by atoms with Gasteiger partial charge in [-0.25, -0.2) is 9.97 Å². The van der Waals surface area contributed by atoms with E-state index in [4.69, 9.17) is 18.8 Å². The van der Waals surface area contributed by atoms with Gasteiger partial charge in [-0.15, -0.1) is 12.0 Å². The van der Waals surface area contributed by atoms with E-state index in [1.807, 2.05) is 102 Å². The van der Waals surface area contributed by atoms with Crippen LogP contribution in [0.4, 0.5) is 22.7 Å². The van der Waals surface area contributed by atoms with Gasteiger partial charge in [0.15, 0.2) is 14.6 Å². The number of allylic oxidation sites excluding steroid dienone is 8. The molecule has 12 rings (SSSR count). The second kappa shape index (κ2) is 22.1. The van der Waals surface area contributed by atoms with Crippen molar-refractivity contribution in [3.63, 3.8) is 0 Å². The zero-order valence-corrected chi connectivity index (χ0v) is 46.9. The van der Waals surface area contributed by atoms with Crippen LogP contribution in [0.2, 0.25) is 0 Å². The molecular weight excluding hydrogens is 990 g/mol. The fraction of sp³-hybridized carbons (Fsp3) is 0.171. The number of anilines is 4. The van der Waals surface area contributed by atoms with Gasteiger partial charge in [0.1, 0.15) is 12.4 Å². The maximum atomic E-state index is 8.86. The summed E-state index contributed by atoms with van der Waals surface area (Å²) in [5.41, 5.74) is 16.2. The summed E-state index contributed by atoms with van der Waals surface area (Å²) in [6, 6.07) is 46.0. The predicted octanol–water partition coefficient (Wildman–Crippen LogP) is 16.7. The molecule has 3 aliphatic heterocycles. The molecule has 0 aliphatic carbocycles. The lowest BCUT2D eigenvalue weighted by Crippen LogP contribution is -2.26. The van der Waals surface area contributed by atoms with Crippen molar-refractivity contribution in [3.05, 3.63) is 247 Å². The quantitative estimate of drug-likeness (QED) is 0.132. The van der Waals surface area contributed by atoms with Crippen molar-refractivity contribution in [1.29, 1.82) is 0 Å². The molecule has 6 aromatic carbocycles. The minimum absolute atomic E-state index is 0.142. The molecule has 0 fully saturated rings. The molecule has 3 aromatic heterocycles. The highest BCUT2D eigenvalue weighted by molar-refractivity contribution is 6.67. The fourth-order valence-electron chi connectivity index (χ4n) is 11.3. The SMILES string of the molecule is [2H]C([2H])([2H])n1c(-n2c3ccc(C(C)(C)C)cc3c3ccc(Oc4cc(N5CN(c6c(/C7=C/C=C\N/C=C\C=C/[B]7)cccc6/C6=C/C=C\N/C=C\C=C/[B]6)c6ccccc65)cc(-c5c(C(C)C)cccc5C(C)C)n4)cc32)nc2ccccc21. The molecule has 9 nitrogen and oxygen atoms in total. The average molecular weight is 1060 g/mol. The van der Waals surface area contributed by atoms with Gasteiger partial charge in [-0.05, 0) is 124 Å².